The Morgan fingerprint density at radius 3 is 2.73 bits per heavy atom. The molecule has 0 bridgehead atoms. The van der Waals surface area contributed by atoms with Crippen LogP contribution < -0.4 is 14.8 Å². The van der Waals surface area contributed by atoms with Crippen LogP contribution in [0.3, 0.4) is 0 Å². The maximum absolute atomic E-state index is 13.5. The molecule has 5 nitrogen and oxygen atoms in total. The number of fused-ring (bicyclic) bond motifs is 1. The molecule has 1 atom stereocenters. The molecule has 2 aromatic carbocycles. The number of carbonyl (C=O) groups is 1. The third-order valence-corrected chi connectivity index (χ3v) is 4.24. The van der Waals surface area contributed by atoms with E-state index in [1.807, 2.05) is 36.2 Å². The number of ether oxygens (including phenoxy) is 2. The van der Waals surface area contributed by atoms with Gasteiger partial charge in [0.05, 0.1) is 0 Å². The fraction of sp³-hybridized carbons (Fsp3) is 0.350. The summed E-state index contributed by atoms with van der Waals surface area (Å²) in [6.45, 7) is 1.94. The number of hydrogen-bond donors (Lipinski definition) is 1. The van der Waals surface area contributed by atoms with E-state index in [2.05, 4.69) is 5.32 Å². The number of para-hydroxylation sites is 2. The van der Waals surface area contributed by atoms with Crippen molar-refractivity contribution in [1.29, 1.82) is 0 Å². The first kappa shape index (κ1) is 18.2. The second-order valence-corrected chi connectivity index (χ2v) is 6.38. The number of amides is 1. The van der Waals surface area contributed by atoms with Gasteiger partial charge in [-0.05, 0) is 25.2 Å². The Hall–Kier alpha value is -2.60. The number of halogens is 1. The van der Waals surface area contributed by atoms with Gasteiger partial charge in [-0.15, -0.1) is 0 Å². The lowest BCUT2D eigenvalue weighted by Crippen LogP contribution is -2.40. The minimum Gasteiger partial charge on any atom is -0.486 e. The summed E-state index contributed by atoms with van der Waals surface area (Å²) in [4.78, 5) is 14.0. The van der Waals surface area contributed by atoms with Gasteiger partial charge in [-0.3, -0.25) is 4.79 Å². The molecule has 0 radical (unpaired) electrons. The van der Waals surface area contributed by atoms with Crippen LogP contribution in [0.4, 0.5) is 4.39 Å². The molecule has 2 aromatic rings. The number of benzene rings is 2. The Morgan fingerprint density at radius 2 is 1.92 bits per heavy atom. The average Bonchev–Trinajstić information content (AvgIpc) is 2.65. The summed E-state index contributed by atoms with van der Waals surface area (Å²) in [5, 5.41) is 2.75. The normalized spacial score (nSPS) is 15.7. The third-order valence-electron chi connectivity index (χ3n) is 4.24. The zero-order valence-corrected chi connectivity index (χ0v) is 14.8. The van der Waals surface area contributed by atoms with Gasteiger partial charge >= 0.3 is 0 Å². The van der Waals surface area contributed by atoms with Crippen LogP contribution in [-0.2, 0) is 11.3 Å². The number of hydrogen-bond acceptors (Lipinski definition) is 4. The third kappa shape index (κ3) is 4.95. The van der Waals surface area contributed by atoms with E-state index in [-0.39, 0.29) is 24.4 Å². The van der Waals surface area contributed by atoms with Crippen molar-refractivity contribution < 1.29 is 18.7 Å². The van der Waals surface area contributed by atoms with Crippen molar-refractivity contribution in [2.75, 3.05) is 26.7 Å². The first-order valence-corrected chi connectivity index (χ1v) is 8.69. The molecule has 0 saturated carbocycles. The van der Waals surface area contributed by atoms with E-state index in [0.29, 0.717) is 31.7 Å². The Bertz CT molecular complexity index is 753. The van der Waals surface area contributed by atoms with Crippen LogP contribution >= 0.6 is 0 Å². The predicted molar refractivity (Wildman–Crippen MR) is 96.7 cm³/mol. The Kier molecular flexibility index (Phi) is 6.07. The van der Waals surface area contributed by atoms with E-state index >= 15 is 0 Å². The first-order chi connectivity index (χ1) is 12.6. The fourth-order valence-electron chi connectivity index (χ4n) is 2.81. The molecule has 0 saturated heterocycles. The van der Waals surface area contributed by atoms with Gasteiger partial charge in [-0.1, -0.05) is 30.3 Å². The van der Waals surface area contributed by atoms with E-state index in [1.165, 1.54) is 6.07 Å². The highest BCUT2D eigenvalue weighted by Crippen LogP contribution is 2.30. The van der Waals surface area contributed by atoms with Gasteiger partial charge in [-0.2, -0.15) is 0 Å². The molecule has 1 heterocycles. The summed E-state index contributed by atoms with van der Waals surface area (Å²) in [5.41, 5.74) is 0.487. The quantitative estimate of drug-likeness (QED) is 0.827. The molecular weight excluding hydrogens is 335 g/mol. The Morgan fingerprint density at radius 1 is 1.19 bits per heavy atom. The van der Waals surface area contributed by atoms with E-state index in [0.717, 1.165) is 11.5 Å². The zero-order chi connectivity index (χ0) is 18.4. The summed E-state index contributed by atoms with van der Waals surface area (Å²) in [5.74, 6) is 1.10. The molecule has 1 aliphatic rings. The molecule has 1 N–H and O–H groups in total. The van der Waals surface area contributed by atoms with Gasteiger partial charge in [0.2, 0.25) is 5.91 Å². The van der Waals surface area contributed by atoms with Crippen molar-refractivity contribution in [3.8, 4) is 11.5 Å². The van der Waals surface area contributed by atoms with Crippen LogP contribution in [0.5, 0.6) is 11.5 Å². The number of likely N-dealkylation sites (N-methyl/N-ethyl adjacent to an activating group) is 1. The zero-order valence-electron chi connectivity index (χ0n) is 14.8. The van der Waals surface area contributed by atoms with Crippen molar-refractivity contribution in [3.05, 3.63) is 59.9 Å². The SMILES string of the molecule is CN(CCC(=O)NCc1ccccc1F)C[C@@H]1COc2ccccc2O1. The molecule has 3 rings (SSSR count). The van der Waals surface area contributed by atoms with E-state index in [4.69, 9.17) is 9.47 Å². The van der Waals surface area contributed by atoms with Crippen molar-refractivity contribution >= 4 is 5.91 Å². The maximum Gasteiger partial charge on any atom is 0.221 e. The summed E-state index contributed by atoms with van der Waals surface area (Å²) in [7, 11) is 1.94. The lowest BCUT2D eigenvalue weighted by molar-refractivity contribution is -0.121. The van der Waals surface area contributed by atoms with Gasteiger partial charge in [0.1, 0.15) is 18.5 Å². The summed E-state index contributed by atoms with van der Waals surface area (Å²) in [6, 6.07) is 14.0. The molecule has 0 aromatic heterocycles. The van der Waals surface area contributed by atoms with E-state index < -0.39 is 0 Å². The molecule has 0 spiro atoms. The molecule has 138 valence electrons. The van der Waals surface area contributed by atoms with Gasteiger partial charge in [0.25, 0.3) is 0 Å². The van der Waals surface area contributed by atoms with Crippen LogP contribution in [0, 0.1) is 5.82 Å². The molecule has 26 heavy (non-hydrogen) atoms. The molecule has 0 aliphatic carbocycles. The highest BCUT2D eigenvalue weighted by atomic mass is 19.1. The van der Waals surface area contributed by atoms with E-state index in [1.54, 1.807) is 18.2 Å². The Labute approximate surface area is 152 Å². The van der Waals surface area contributed by atoms with E-state index in [9.17, 15) is 9.18 Å². The summed E-state index contributed by atoms with van der Waals surface area (Å²) >= 11 is 0. The molecule has 0 fully saturated rings. The van der Waals surface area contributed by atoms with Gasteiger partial charge in [0.15, 0.2) is 11.5 Å². The lowest BCUT2D eigenvalue weighted by atomic mass is 10.2. The van der Waals surface area contributed by atoms with Crippen molar-refractivity contribution in [2.24, 2.45) is 0 Å². The average molecular weight is 358 g/mol. The van der Waals surface area contributed by atoms with Crippen LogP contribution in [0.1, 0.15) is 12.0 Å². The maximum atomic E-state index is 13.5. The highest BCUT2D eigenvalue weighted by molar-refractivity contribution is 5.76. The number of nitrogens with one attached hydrogen (secondary N) is 1. The number of carbonyl (C=O) groups excluding carboxylic acids is 1. The number of rotatable bonds is 7. The van der Waals surface area contributed by atoms with Crippen LogP contribution in [-0.4, -0.2) is 43.7 Å². The molecule has 1 aliphatic heterocycles. The van der Waals surface area contributed by atoms with Crippen LogP contribution in [0.15, 0.2) is 48.5 Å². The fourth-order valence-corrected chi connectivity index (χ4v) is 2.81. The van der Waals surface area contributed by atoms with Gasteiger partial charge in [0, 0.05) is 31.6 Å². The van der Waals surface area contributed by atoms with Gasteiger partial charge in [-0.25, -0.2) is 4.39 Å². The summed E-state index contributed by atoms with van der Waals surface area (Å²) < 4.78 is 25.1. The van der Waals surface area contributed by atoms with Crippen molar-refractivity contribution in [1.82, 2.24) is 10.2 Å². The topological polar surface area (TPSA) is 50.8 Å². The largest absolute Gasteiger partial charge is 0.486 e. The highest BCUT2D eigenvalue weighted by Gasteiger charge is 2.22. The first-order valence-electron chi connectivity index (χ1n) is 8.69. The smallest absolute Gasteiger partial charge is 0.221 e. The molecular formula is C20H23FN2O3. The molecule has 0 unspecified atom stereocenters. The lowest BCUT2D eigenvalue weighted by Gasteiger charge is -2.29. The second-order valence-electron chi connectivity index (χ2n) is 6.38. The van der Waals surface area contributed by atoms with Gasteiger partial charge < -0.3 is 19.7 Å². The minimum absolute atomic E-state index is 0.0728. The number of nitrogens with zero attached hydrogens (tertiary/aromatic N) is 1. The minimum atomic E-state index is -0.306. The van der Waals surface area contributed by atoms with Crippen LogP contribution in [0.25, 0.3) is 0 Å². The molecule has 6 heteroatoms. The molecule has 1 amide bonds. The van der Waals surface area contributed by atoms with Crippen molar-refractivity contribution in [3.63, 3.8) is 0 Å². The summed E-state index contributed by atoms with van der Waals surface area (Å²) in [6.07, 6.45) is 0.270. The van der Waals surface area contributed by atoms with Crippen molar-refractivity contribution in [2.45, 2.75) is 19.1 Å². The standard InChI is InChI=1S/C20H23FN2O3/c1-23(13-16-14-25-18-8-4-5-9-19(18)26-16)11-10-20(24)22-12-15-6-2-3-7-17(15)21/h2-9,16H,10-14H2,1H3,(H,22,24)/t16-/m1/s1. The van der Waals surface area contributed by atoms with Crippen LogP contribution in [0.2, 0.25) is 0 Å². The monoisotopic (exact) mass is 358 g/mol. The predicted octanol–water partition coefficient (Wildman–Crippen LogP) is 2.60. The second kappa shape index (κ2) is 8.67. The Balaban J connectivity index is 1.38.